The molecule has 3 aromatic rings. The van der Waals surface area contributed by atoms with Gasteiger partial charge >= 0.3 is 5.97 Å². The molecule has 5 nitrogen and oxygen atoms in total. The van der Waals surface area contributed by atoms with Crippen LogP contribution in [0.2, 0.25) is 0 Å². The molecule has 0 fully saturated rings. The number of nitrogens with zero attached hydrogens (tertiary/aromatic N) is 2. The lowest BCUT2D eigenvalue weighted by atomic mass is 10.1. The third-order valence-electron chi connectivity index (χ3n) is 3.20. The molecule has 0 aliphatic carbocycles. The molecule has 22 heavy (non-hydrogen) atoms. The predicted molar refractivity (Wildman–Crippen MR) is 81.8 cm³/mol. The third-order valence-corrected chi connectivity index (χ3v) is 3.20. The van der Waals surface area contributed by atoms with Gasteiger partial charge in [-0.15, -0.1) is 5.75 Å². The molecule has 0 spiro atoms. The number of carboxylic acids is 1. The zero-order valence-corrected chi connectivity index (χ0v) is 11.4. The summed E-state index contributed by atoms with van der Waals surface area (Å²) in [5.41, 5.74) is 1.83. The Balaban J connectivity index is 1.95. The number of carbonyl (C=O) groups is 1. The number of aromatic carboxylic acids is 1. The Morgan fingerprint density at radius 1 is 1.18 bits per heavy atom. The van der Waals surface area contributed by atoms with E-state index < -0.39 is 5.97 Å². The number of hydrogen-bond donors (Lipinski definition) is 1. The average Bonchev–Trinajstić information content (AvgIpc) is 2.53. The number of rotatable bonds is 3. The maximum absolute atomic E-state index is 11.7. The molecule has 0 aliphatic heterocycles. The molecular weight excluding hydrogens is 280 g/mol. The van der Waals surface area contributed by atoms with Crippen LogP contribution >= 0.6 is 0 Å². The summed E-state index contributed by atoms with van der Waals surface area (Å²) in [4.78, 5) is 19.4. The van der Waals surface area contributed by atoms with E-state index in [2.05, 4.69) is 9.98 Å². The van der Waals surface area contributed by atoms with Crippen molar-refractivity contribution in [2.45, 2.75) is 0 Å². The third kappa shape index (κ3) is 2.78. The Bertz CT molecular complexity index is 888. The van der Waals surface area contributed by atoms with Gasteiger partial charge in [-0.3, -0.25) is 9.98 Å². The zero-order chi connectivity index (χ0) is 15.5. The highest BCUT2D eigenvalue weighted by Gasteiger charge is 2.03. The van der Waals surface area contributed by atoms with Gasteiger partial charge in [0.05, 0.1) is 16.8 Å². The highest BCUT2D eigenvalue weighted by molar-refractivity contribution is 5.93. The molecule has 5 heteroatoms. The molecule has 0 amide bonds. The van der Waals surface area contributed by atoms with Crippen LogP contribution in [0.4, 0.5) is 5.69 Å². The summed E-state index contributed by atoms with van der Waals surface area (Å²) in [6, 6.07) is 13.1. The van der Waals surface area contributed by atoms with E-state index >= 15 is 0 Å². The van der Waals surface area contributed by atoms with Crippen LogP contribution in [0.25, 0.3) is 10.9 Å². The van der Waals surface area contributed by atoms with Crippen LogP contribution in [0.5, 0.6) is 5.75 Å². The molecule has 0 unspecified atom stereocenters. The fourth-order valence-corrected chi connectivity index (χ4v) is 2.07. The molecule has 0 atom stereocenters. The normalized spacial score (nSPS) is 11.1. The summed E-state index contributed by atoms with van der Waals surface area (Å²) in [5.74, 6) is -1.34. The summed E-state index contributed by atoms with van der Waals surface area (Å²) in [7, 11) is 0. The van der Waals surface area contributed by atoms with Gasteiger partial charge in [0.15, 0.2) is 0 Å². The Labute approximate surface area is 126 Å². The van der Waals surface area contributed by atoms with Gasteiger partial charge in [0.25, 0.3) is 0 Å². The van der Waals surface area contributed by atoms with E-state index in [4.69, 9.17) is 5.11 Å². The summed E-state index contributed by atoms with van der Waals surface area (Å²) < 4.78 is 0. The fourth-order valence-electron chi connectivity index (χ4n) is 2.07. The number of aromatic nitrogens is 1. The first kappa shape index (κ1) is 13.8. The van der Waals surface area contributed by atoms with Crippen LogP contribution < -0.4 is 5.11 Å². The van der Waals surface area contributed by atoms with Crippen LogP contribution in [0.15, 0.2) is 59.7 Å². The molecule has 0 radical (unpaired) electrons. The number of carboxylic acid groups (broad SMARTS) is 1. The topological polar surface area (TPSA) is 85.6 Å². The SMILES string of the molecule is O=C(O)c1ccc([O-])c(C=Nc2ccc3ncccc3c2)c1. The number of benzene rings is 2. The summed E-state index contributed by atoms with van der Waals surface area (Å²) >= 11 is 0. The van der Waals surface area contributed by atoms with Crippen molar-refractivity contribution in [1.82, 2.24) is 4.98 Å². The largest absolute Gasteiger partial charge is 0.872 e. The van der Waals surface area contributed by atoms with Gasteiger partial charge in [-0.2, -0.15) is 0 Å². The lowest BCUT2D eigenvalue weighted by Gasteiger charge is -2.10. The first-order valence-electron chi connectivity index (χ1n) is 6.57. The molecule has 0 saturated heterocycles. The Morgan fingerprint density at radius 3 is 2.86 bits per heavy atom. The second-order valence-electron chi connectivity index (χ2n) is 4.70. The van der Waals surface area contributed by atoms with Gasteiger partial charge in [-0.05, 0) is 42.0 Å². The number of fused-ring (bicyclic) bond motifs is 1. The van der Waals surface area contributed by atoms with E-state index in [0.717, 1.165) is 10.9 Å². The Hall–Kier alpha value is -3.21. The van der Waals surface area contributed by atoms with Crippen molar-refractivity contribution in [1.29, 1.82) is 0 Å². The van der Waals surface area contributed by atoms with Gasteiger partial charge in [-0.25, -0.2) is 4.79 Å². The maximum atomic E-state index is 11.7. The van der Waals surface area contributed by atoms with E-state index in [9.17, 15) is 9.90 Å². The average molecular weight is 291 g/mol. The van der Waals surface area contributed by atoms with E-state index in [0.29, 0.717) is 5.69 Å². The minimum absolute atomic E-state index is 0.0590. The van der Waals surface area contributed by atoms with E-state index in [1.54, 1.807) is 12.3 Å². The molecule has 108 valence electrons. The summed E-state index contributed by atoms with van der Waals surface area (Å²) in [6.07, 6.45) is 3.10. The highest BCUT2D eigenvalue weighted by atomic mass is 16.4. The van der Waals surface area contributed by atoms with E-state index in [-0.39, 0.29) is 16.9 Å². The molecule has 2 aromatic carbocycles. The highest BCUT2D eigenvalue weighted by Crippen LogP contribution is 2.20. The van der Waals surface area contributed by atoms with Crippen molar-refractivity contribution in [2.24, 2.45) is 4.99 Å². The molecule has 0 bridgehead atoms. The van der Waals surface area contributed by atoms with Crippen molar-refractivity contribution >= 4 is 28.8 Å². The maximum Gasteiger partial charge on any atom is 0.335 e. The van der Waals surface area contributed by atoms with Gasteiger partial charge in [0.2, 0.25) is 0 Å². The Kier molecular flexibility index (Phi) is 3.53. The van der Waals surface area contributed by atoms with Crippen molar-refractivity contribution in [3.05, 3.63) is 65.9 Å². The first-order valence-corrected chi connectivity index (χ1v) is 6.57. The number of hydrogen-bond acceptors (Lipinski definition) is 4. The van der Waals surface area contributed by atoms with Crippen LogP contribution in [0.1, 0.15) is 15.9 Å². The smallest absolute Gasteiger partial charge is 0.335 e. The lowest BCUT2D eigenvalue weighted by Crippen LogP contribution is -2.01. The van der Waals surface area contributed by atoms with E-state index in [1.807, 2.05) is 24.3 Å². The second-order valence-corrected chi connectivity index (χ2v) is 4.70. The quantitative estimate of drug-likeness (QED) is 0.752. The van der Waals surface area contributed by atoms with Crippen molar-refractivity contribution < 1.29 is 15.0 Å². The minimum Gasteiger partial charge on any atom is -0.872 e. The first-order chi connectivity index (χ1) is 10.6. The molecule has 1 heterocycles. The van der Waals surface area contributed by atoms with Crippen molar-refractivity contribution in [2.75, 3.05) is 0 Å². The van der Waals surface area contributed by atoms with Crippen LogP contribution in [0, 0.1) is 0 Å². The summed E-state index contributed by atoms with van der Waals surface area (Å²) in [6.45, 7) is 0. The van der Waals surface area contributed by atoms with Gasteiger partial charge in [0, 0.05) is 17.8 Å². The van der Waals surface area contributed by atoms with Gasteiger partial charge in [0.1, 0.15) is 0 Å². The number of pyridine rings is 1. The molecule has 1 N–H and O–H groups in total. The lowest BCUT2D eigenvalue weighted by molar-refractivity contribution is -0.268. The summed E-state index contributed by atoms with van der Waals surface area (Å²) in [5, 5.41) is 21.6. The van der Waals surface area contributed by atoms with Crippen molar-refractivity contribution in [3.63, 3.8) is 0 Å². The van der Waals surface area contributed by atoms with Crippen molar-refractivity contribution in [3.8, 4) is 5.75 Å². The predicted octanol–water partition coefficient (Wildman–Crippen LogP) is 2.76. The van der Waals surface area contributed by atoms with Crippen LogP contribution in [-0.4, -0.2) is 22.3 Å². The second kappa shape index (κ2) is 5.65. The van der Waals surface area contributed by atoms with E-state index in [1.165, 1.54) is 24.4 Å². The Morgan fingerprint density at radius 2 is 2.05 bits per heavy atom. The fraction of sp³-hybridized carbons (Fsp3) is 0. The monoisotopic (exact) mass is 291 g/mol. The molecular formula is C17H11N2O3-. The molecule has 0 aliphatic rings. The van der Waals surface area contributed by atoms with Crippen LogP contribution in [0.3, 0.4) is 0 Å². The zero-order valence-electron chi connectivity index (χ0n) is 11.4. The van der Waals surface area contributed by atoms with Gasteiger partial charge < -0.3 is 10.2 Å². The minimum atomic E-state index is -1.08. The van der Waals surface area contributed by atoms with Gasteiger partial charge in [-0.1, -0.05) is 12.1 Å². The standard InChI is InChI=1S/C17H12N2O3/c20-16-6-3-12(17(21)22)8-13(16)10-19-14-4-5-15-11(9-14)2-1-7-18-15/h1-10,20H,(H,21,22)/p-1. The molecule has 1 aromatic heterocycles. The molecule has 0 saturated carbocycles. The number of aliphatic imine (C=N–C) groups is 1. The van der Waals surface area contributed by atoms with Crippen LogP contribution in [-0.2, 0) is 0 Å². The molecule has 3 rings (SSSR count).